The van der Waals surface area contributed by atoms with Gasteiger partial charge in [-0.25, -0.2) is 21.5 Å². The number of amides is 1. The number of halogens is 4. The zero-order valence-electron chi connectivity index (χ0n) is 29.2. The van der Waals surface area contributed by atoms with E-state index in [0.29, 0.717) is 29.1 Å². The number of unbranched alkanes of at least 4 members (excludes halogenated alkanes) is 2. The van der Waals surface area contributed by atoms with Crippen molar-refractivity contribution in [3.63, 3.8) is 0 Å². The van der Waals surface area contributed by atoms with Crippen molar-refractivity contribution in [2.45, 2.75) is 32.6 Å². The number of carbonyl (C=O) groups is 1. The van der Waals surface area contributed by atoms with Gasteiger partial charge in [0.25, 0.3) is 0 Å². The molecule has 54 heavy (non-hydrogen) atoms. The monoisotopic (exact) mass is 905 g/mol. The van der Waals surface area contributed by atoms with Gasteiger partial charge >= 0.3 is 103 Å². The van der Waals surface area contributed by atoms with Gasteiger partial charge in [0.1, 0.15) is 28.7 Å². The molecule has 0 bridgehead atoms. The number of anilines is 2. The molecule has 0 fully saturated rings. The van der Waals surface area contributed by atoms with Crippen LogP contribution in [0, 0.1) is 11.3 Å². The molecule has 1 aromatic heterocycles. The number of rotatable bonds is 16. The Morgan fingerprint density at radius 3 is 1.98 bits per heavy atom. The van der Waals surface area contributed by atoms with Gasteiger partial charge in [-0.3, -0.25) is 4.79 Å². The van der Waals surface area contributed by atoms with E-state index in [1.807, 2.05) is 0 Å². The minimum Gasteiger partial charge on any atom is -0.748 e. The second kappa shape index (κ2) is 22.6. The van der Waals surface area contributed by atoms with Crippen LogP contribution >= 0.6 is 46.4 Å². The summed E-state index contributed by atoms with van der Waals surface area (Å²) < 4.78 is 67.9. The molecule has 0 unspecified atom stereocenters. The molecule has 22 heteroatoms. The van der Waals surface area contributed by atoms with E-state index < -0.39 is 37.6 Å². The van der Waals surface area contributed by atoms with Crippen LogP contribution in [-0.2, 0) is 25.0 Å². The molecule has 4 aromatic rings. The third-order valence-corrected chi connectivity index (χ3v) is 10.1. The number of para-hydroxylation sites is 1. The summed E-state index contributed by atoms with van der Waals surface area (Å²) in [6.45, 7) is 1.81. The molecule has 276 valence electrons. The molecule has 3 aromatic carbocycles. The molecule has 4 rings (SSSR count). The number of azo groups is 1. The Morgan fingerprint density at radius 2 is 1.46 bits per heavy atom. The zero-order chi connectivity index (χ0) is 38.2. The number of hydrogen-bond acceptors (Lipinski definition) is 12. The fraction of sp³-hybridized carbons (Fsp3) is 0.281. The minimum atomic E-state index is -4.42. The van der Waals surface area contributed by atoms with Crippen LogP contribution in [0.15, 0.2) is 64.8 Å². The van der Waals surface area contributed by atoms with E-state index in [0.717, 1.165) is 0 Å². The van der Waals surface area contributed by atoms with Gasteiger partial charge < -0.3 is 19.3 Å². The topological polar surface area (TPSA) is 213 Å². The Balaban J connectivity index is 0.00000504. The molecule has 1 N–H and O–H groups in total. The molecule has 0 saturated heterocycles. The maximum absolute atomic E-state index is 12.3. The van der Waals surface area contributed by atoms with Gasteiger partial charge in [-0.05, 0) is 74.2 Å². The number of nitriles is 1. The van der Waals surface area contributed by atoms with Gasteiger partial charge in [0, 0.05) is 47.8 Å². The minimum absolute atomic E-state index is 0. The van der Waals surface area contributed by atoms with Crippen molar-refractivity contribution in [2.24, 2.45) is 10.2 Å². The number of hydrogen-bond donors (Lipinski definition) is 1. The molecule has 1 heterocycles. The van der Waals surface area contributed by atoms with E-state index in [4.69, 9.17) is 46.4 Å². The maximum atomic E-state index is 12.3. The van der Waals surface area contributed by atoms with E-state index >= 15 is 0 Å². The maximum Gasteiger partial charge on any atom is 1.00 e. The fourth-order valence-corrected chi connectivity index (χ4v) is 7.22. The fourth-order valence-electron chi connectivity index (χ4n) is 5.05. The number of carbonyl (C=O) groups excluding carboxylic acids is 1. The van der Waals surface area contributed by atoms with Crippen LogP contribution in [0.3, 0.4) is 0 Å². The van der Waals surface area contributed by atoms with Gasteiger partial charge in [-0.15, -0.1) is 10.2 Å². The molecule has 1 amide bonds. The van der Waals surface area contributed by atoms with Crippen LogP contribution in [0.5, 0.6) is 0 Å². The molecule has 0 saturated carbocycles. The van der Waals surface area contributed by atoms with Crippen molar-refractivity contribution >= 4 is 95.4 Å². The Kier molecular flexibility index (Phi) is 20.8. The Hall–Kier alpha value is -0.517. The number of nitrogens with zero attached hydrogens (tertiary/aromatic N) is 6. The summed E-state index contributed by atoms with van der Waals surface area (Å²) in [6, 6.07) is 16.3. The summed E-state index contributed by atoms with van der Waals surface area (Å²) >= 11 is 25.7. The van der Waals surface area contributed by atoms with Gasteiger partial charge in [0.2, 0.25) is 5.91 Å². The van der Waals surface area contributed by atoms with Crippen molar-refractivity contribution in [3.05, 3.63) is 80.3 Å². The molecule has 0 atom stereocenters. The van der Waals surface area contributed by atoms with Gasteiger partial charge in [0.15, 0.2) is 5.82 Å². The standard InChI is InChI=1S/C32H31Cl4N7O7S2.2K/c1-20(44)38-29-18-22(42(13-2-4-15-51(45,46)47)14-3-5-16-52(48,49)50)10-12-28(29)39-40-32-24(19-37)30(23-11-9-21(33)17-27(23)36)41-43(32)31-25(34)7-6-8-26(31)35;;/h6-12,17-18H,2-5,13-16H2,1H3,(H,38,44)(H,45,46,47)(H,48,49,50);;/q;2*+1/p-2. The summed E-state index contributed by atoms with van der Waals surface area (Å²) in [7, 11) is -8.84. The molecule has 14 nitrogen and oxygen atoms in total. The van der Waals surface area contributed by atoms with E-state index in [2.05, 4.69) is 26.7 Å². The Labute approximate surface area is 418 Å². The van der Waals surface area contributed by atoms with Crippen molar-refractivity contribution in [1.29, 1.82) is 5.26 Å². The Morgan fingerprint density at radius 1 is 0.870 bits per heavy atom. The normalized spacial score (nSPS) is 11.4. The molecule has 0 aliphatic heterocycles. The van der Waals surface area contributed by atoms with Crippen molar-refractivity contribution in [2.75, 3.05) is 34.8 Å². The van der Waals surface area contributed by atoms with Crippen LogP contribution in [-0.4, -0.2) is 66.2 Å². The second-order valence-electron chi connectivity index (χ2n) is 11.3. The van der Waals surface area contributed by atoms with Crippen LogP contribution in [0.1, 0.15) is 38.2 Å². The number of benzene rings is 3. The van der Waals surface area contributed by atoms with E-state index in [9.17, 15) is 36.0 Å². The van der Waals surface area contributed by atoms with Crippen LogP contribution in [0.25, 0.3) is 16.9 Å². The molecule has 0 aliphatic carbocycles. The third-order valence-electron chi connectivity index (χ3n) is 7.36. The van der Waals surface area contributed by atoms with Crippen LogP contribution in [0.4, 0.5) is 22.9 Å². The van der Waals surface area contributed by atoms with Crippen LogP contribution < -0.4 is 113 Å². The number of aromatic nitrogens is 2. The molecular formula is C32H29Cl4K2N7O7S2. The average Bonchev–Trinajstić information content (AvgIpc) is 3.39. The van der Waals surface area contributed by atoms with E-state index in [1.54, 1.807) is 47.4 Å². The Bertz CT molecular complexity index is 2210. The first kappa shape index (κ1) is 49.6. The smallest absolute Gasteiger partial charge is 0.748 e. The molecule has 0 aliphatic rings. The average molecular weight is 908 g/mol. The first-order chi connectivity index (χ1) is 24.5. The van der Waals surface area contributed by atoms with E-state index in [-0.39, 0.29) is 178 Å². The summed E-state index contributed by atoms with van der Waals surface area (Å²) in [5.74, 6) is -1.64. The quantitative estimate of drug-likeness (QED) is 0.0746. The summed E-state index contributed by atoms with van der Waals surface area (Å²) in [4.78, 5) is 14.1. The first-order valence-corrected chi connectivity index (χ1v) is 20.0. The second-order valence-corrected chi connectivity index (χ2v) is 16.0. The van der Waals surface area contributed by atoms with Crippen molar-refractivity contribution < 1.29 is 134 Å². The zero-order valence-corrected chi connectivity index (χ0v) is 40.1. The van der Waals surface area contributed by atoms with Crippen molar-refractivity contribution in [1.82, 2.24) is 9.78 Å². The van der Waals surface area contributed by atoms with Crippen molar-refractivity contribution in [3.8, 4) is 23.0 Å². The number of nitrogens with one attached hydrogen (secondary N) is 1. The summed E-state index contributed by atoms with van der Waals surface area (Å²) in [5.41, 5.74) is 1.55. The predicted octanol–water partition coefficient (Wildman–Crippen LogP) is 1.86. The predicted molar refractivity (Wildman–Crippen MR) is 198 cm³/mol. The SMILES string of the molecule is CC(=O)Nc1cc(N(CCCCS(=O)(=O)[O-])CCCCS(=O)(=O)[O-])ccc1N=Nc1c(C#N)c(-c2ccc(Cl)cc2Cl)nn1-c1c(Cl)cccc1Cl.[K+].[K+]. The summed E-state index contributed by atoms with van der Waals surface area (Å²) in [6.07, 6.45) is 0.749. The van der Waals surface area contributed by atoms with Gasteiger partial charge in [-0.2, -0.15) is 10.4 Å². The van der Waals surface area contributed by atoms with Gasteiger partial charge in [0.05, 0.1) is 41.0 Å². The largest absolute Gasteiger partial charge is 1.00 e. The first-order valence-electron chi connectivity index (χ1n) is 15.4. The van der Waals surface area contributed by atoms with Gasteiger partial charge in [-0.1, -0.05) is 52.5 Å². The van der Waals surface area contributed by atoms with E-state index in [1.165, 1.54) is 23.7 Å². The van der Waals surface area contributed by atoms with Crippen LogP contribution in [0.2, 0.25) is 20.1 Å². The molecule has 0 radical (unpaired) electrons. The molecular weight excluding hydrogens is 879 g/mol. The molecule has 0 spiro atoms. The third kappa shape index (κ3) is 14.7. The summed E-state index contributed by atoms with van der Waals surface area (Å²) in [5, 5.41) is 27.3.